The van der Waals surface area contributed by atoms with Crippen molar-refractivity contribution in [3.8, 4) is 11.3 Å². The Kier molecular flexibility index (Phi) is 5.18. The first kappa shape index (κ1) is 21.6. The highest BCUT2D eigenvalue weighted by Gasteiger charge is 2.33. The average Bonchev–Trinajstić information content (AvgIpc) is 3.17. The summed E-state index contributed by atoms with van der Waals surface area (Å²) in [6.45, 7) is 1.06. The Hall–Kier alpha value is -3.29. The molecule has 170 valence electrons. The van der Waals surface area contributed by atoms with Gasteiger partial charge in [0.1, 0.15) is 6.10 Å². The largest absolute Gasteiger partial charge is 0.378 e. The fourth-order valence-electron chi connectivity index (χ4n) is 4.69. The van der Waals surface area contributed by atoms with E-state index in [9.17, 15) is 9.59 Å². The van der Waals surface area contributed by atoms with Gasteiger partial charge in [0.2, 0.25) is 0 Å². The van der Waals surface area contributed by atoms with Crippen molar-refractivity contribution < 1.29 is 4.74 Å². The van der Waals surface area contributed by atoms with Gasteiger partial charge in [-0.05, 0) is 35.4 Å². The summed E-state index contributed by atoms with van der Waals surface area (Å²) in [7, 11) is 7.21. The van der Waals surface area contributed by atoms with Crippen LogP contribution in [0.25, 0.3) is 22.2 Å². The predicted octanol–water partition coefficient (Wildman–Crippen LogP) is 3.54. The van der Waals surface area contributed by atoms with Gasteiger partial charge in [-0.25, -0.2) is 4.79 Å². The molecule has 0 N–H and O–H groups in total. The molecule has 0 amide bonds. The summed E-state index contributed by atoms with van der Waals surface area (Å²) in [6, 6.07) is 15.6. The maximum Gasteiger partial charge on any atom is 0.331 e. The number of ether oxygens (including phenoxy) is 1. The van der Waals surface area contributed by atoms with E-state index in [0.29, 0.717) is 29.1 Å². The van der Waals surface area contributed by atoms with Gasteiger partial charge in [0.25, 0.3) is 5.56 Å². The first-order chi connectivity index (χ1) is 15.8. The number of halogens is 1. The molecule has 2 aromatic heterocycles. The number of hydrogen-bond acceptors (Lipinski definition) is 4. The third kappa shape index (κ3) is 3.31. The molecular weight excluding hydrogens is 440 g/mol. The molecule has 33 heavy (non-hydrogen) atoms. The van der Waals surface area contributed by atoms with Crippen LogP contribution in [0.1, 0.15) is 17.4 Å². The lowest BCUT2D eigenvalue weighted by atomic mass is 10.0. The number of fused-ring (bicyclic) bond motifs is 3. The van der Waals surface area contributed by atoms with Crippen molar-refractivity contribution >= 4 is 28.2 Å². The molecule has 8 heteroatoms. The molecule has 4 aromatic rings. The number of aromatic nitrogens is 3. The molecule has 1 atom stereocenters. The fourth-order valence-corrected chi connectivity index (χ4v) is 4.81. The van der Waals surface area contributed by atoms with Crippen LogP contribution in [0.5, 0.6) is 0 Å². The molecule has 0 radical (unpaired) electrons. The number of anilines is 1. The topological polar surface area (TPSA) is 61.4 Å². The van der Waals surface area contributed by atoms with Crippen LogP contribution in [0.2, 0.25) is 5.02 Å². The van der Waals surface area contributed by atoms with E-state index in [2.05, 4.69) is 4.57 Å². The van der Waals surface area contributed by atoms with Crippen LogP contribution in [0.4, 0.5) is 5.69 Å². The van der Waals surface area contributed by atoms with E-state index in [1.807, 2.05) is 67.5 Å². The number of benzene rings is 2. The van der Waals surface area contributed by atoms with E-state index >= 15 is 0 Å². The van der Waals surface area contributed by atoms with Gasteiger partial charge in [-0.15, -0.1) is 0 Å². The van der Waals surface area contributed by atoms with Crippen molar-refractivity contribution in [1.82, 2.24) is 13.7 Å². The second-order valence-electron chi connectivity index (χ2n) is 8.56. The molecular formula is C25H25ClN4O3. The van der Waals surface area contributed by atoms with Gasteiger partial charge in [-0.1, -0.05) is 35.9 Å². The lowest BCUT2D eigenvalue weighted by Gasteiger charge is -2.28. The molecule has 1 aliphatic heterocycles. The molecule has 1 unspecified atom stereocenters. The van der Waals surface area contributed by atoms with Crippen LogP contribution in [-0.4, -0.2) is 34.4 Å². The summed E-state index contributed by atoms with van der Waals surface area (Å²) in [6.07, 6.45) is -0.406. The molecule has 5 rings (SSSR count). The van der Waals surface area contributed by atoms with E-state index in [0.717, 1.165) is 32.8 Å². The zero-order valence-electron chi connectivity index (χ0n) is 19.0. The number of nitrogens with zero attached hydrogens (tertiary/aromatic N) is 4. The maximum absolute atomic E-state index is 13.4. The smallest absolute Gasteiger partial charge is 0.331 e. The normalized spacial score (nSPS) is 15.6. The van der Waals surface area contributed by atoms with Crippen LogP contribution >= 0.6 is 11.6 Å². The van der Waals surface area contributed by atoms with Gasteiger partial charge in [0.15, 0.2) is 0 Å². The monoisotopic (exact) mass is 464 g/mol. The Morgan fingerprint density at radius 2 is 1.64 bits per heavy atom. The Labute approximate surface area is 196 Å². The highest BCUT2D eigenvalue weighted by Crippen LogP contribution is 2.41. The lowest BCUT2D eigenvalue weighted by molar-refractivity contribution is 0.0478. The summed E-state index contributed by atoms with van der Waals surface area (Å²) < 4.78 is 11.1. The SMILES string of the molecule is CN(C)c1ccc(C2OCCn3c(-c4ccc(Cl)cc4)c4c(=O)n(C)c(=O)n(C)c4c32)cc1. The van der Waals surface area contributed by atoms with Gasteiger partial charge in [0, 0.05) is 45.4 Å². The van der Waals surface area contributed by atoms with Gasteiger partial charge in [-0.3, -0.25) is 13.9 Å². The zero-order valence-corrected chi connectivity index (χ0v) is 19.8. The molecule has 0 aliphatic carbocycles. The molecule has 0 saturated carbocycles. The zero-order chi connectivity index (χ0) is 23.4. The standard InChI is InChI=1S/C25H25ClN4O3/c1-27(2)18-11-7-16(8-12-18)23-22-21-19(24(31)29(4)25(32)28(21)3)20(30(22)13-14-33-23)15-5-9-17(26)10-6-15/h5-12,23H,13-14H2,1-4H3. The predicted molar refractivity (Wildman–Crippen MR) is 131 cm³/mol. The minimum Gasteiger partial charge on any atom is -0.378 e. The molecule has 1 aliphatic rings. The van der Waals surface area contributed by atoms with Crippen molar-refractivity contribution in [2.24, 2.45) is 14.1 Å². The van der Waals surface area contributed by atoms with E-state index < -0.39 is 6.10 Å². The van der Waals surface area contributed by atoms with Gasteiger partial charge in [-0.2, -0.15) is 0 Å². The Morgan fingerprint density at radius 1 is 0.970 bits per heavy atom. The quantitative estimate of drug-likeness (QED) is 0.465. The van der Waals surface area contributed by atoms with Crippen molar-refractivity contribution in [2.45, 2.75) is 12.6 Å². The third-order valence-corrected chi connectivity index (χ3v) is 6.63. The maximum atomic E-state index is 13.4. The minimum absolute atomic E-state index is 0.318. The summed E-state index contributed by atoms with van der Waals surface area (Å²) in [4.78, 5) is 28.3. The second-order valence-corrected chi connectivity index (χ2v) is 8.99. The second kappa shape index (κ2) is 7.93. The molecule has 0 bridgehead atoms. The highest BCUT2D eigenvalue weighted by atomic mass is 35.5. The van der Waals surface area contributed by atoms with Crippen LogP contribution in [0.15, 0.2) is 58.1 Å². The van der Waals surface area contributed by atoms with Gasteiger partial charge < -0.3 is 14.2 Å². The highest BCUT2D eigenvalue weighted by molar-refractivity contribution is 6.30. The van der Waals surface area contributed by atoms with E-state index in [1.165, 1.54) is 7.05 Å². The van der Waals surface area contributed by atoms with E-state index in [-0.39, 0.29) is 11.2 Å². The molecule has 3 heterocycles. The summed E-state index contributed by atoms with van der Waals surface area (Å²) in [5.41, 5.74) is 4.44. The van der Waals surface area contributed by atoms with Crippen LogP contribution in [0, 0.1) is 0 Å². The van der Waals surface area contributed by atoms with Crippen LogP contribution < -0.4 is 16.1 Å². The van der Waals surface area contributed by atoms with Crippen LogP contribution in [-0.2, 0) is 25.4 Å². The fraction of sp³-hybridized carbons (Fsp3) is 0.280. The molecule has 0 saturated heterocycles. The first-order valence-electron chi connectivity index (χ1n) is 10.8. The Balaban J connectivity index is 1.86. The van der Waals surface area contributed by atoms with Crippen molar-refractivity contribution in [1.29, 1.82) is 0 Å². The Bertz CT molecular complexity index is 1480. The van der Waals surface area contributed by atoms with Crippen LogP contribution in [0.3, 0.4) is 0 Å². The third-order valence-electron chi connectivity index (χ3n) is 6.38. The molecule has 0 fully saturated rings. The Morgan fingerprint density at radius 3 is 2.27 bits per heavy atom. The first-order valence-corrected chi connectivity index (χ1v) is 11.1. The van der Waals surface area contributed by atoms with Crippen molar-refractivity contribution in [3.05, 3.63) is 85.6 Å². The summed E-state index contributed by atoms with van der Waals surface area (Å²) >= 11 is 6.13. The van der Waals surface area contributed by atoms with Gasteiger partial charge >= 0.3 is 5.69 Å². The molecule has 0 spiro atoms. The van der Waals surface area contributed by atoms with Crippen molar-refractivity contribution in [3.63, 3.8) is 0 Å². The lowest BCUT2D eigenvalue weighted by Crippen LogP contribution is -2.37. The molecule has 2 aromatic carbocycles. The molecule has 7 nitrogen and oxygen atoms in total. The van der Waals surface area contributed by atoms with Gasteiger partial charge in [0.05, 0.1) is 28.9 Å². The summed E-state index contributed by atoms with van der Waals surface area (Å²) in [5, 5.41) is 1.13. The van der Waals surface area contributed by atoms with Crippen molar-refractivity contribution in [2.75, 3.05) is 25.6 Å². The average molecular weight is 465 g/mol. The number of hydrogen-bond donors (Lipinski definition) is 0. The summed E-state index contributed by atoms with van der Waals surface area (Å²) in [5.74, 6) is 0. The van der Waals surface area contributed by atoms with E-state index in [4.69, 9.17) is 16.3 Å². The minimum atomic E-state index is -0.406. The number of aryl methyl sites for hydroxylation is 1. The number of rotatable bonds is 3. The van der Waals surface area contributed by atoms with E-state index in [1.54, 1.807) is 11.6 Å².